The van der Waals surface area contributed by atoms with E-state index in [2.05, 4.69) is 0 Å². The molecule has 0 fully saturated rings. The van der Waals surface area contributed by atoms with Crippen LogP contribution in [-0.4, -0.2) is 11.7 Å². The molecule has 0 atom stereocenters. The van der Waals surface area contributed by atoms with Gasteiger partial charge in [0.1, 0.15) is 0 Å². The first-order valence-corrected chi connectivity index (χ1v) is 3.52. The molecule has 0 N–H and O–H groups in total. The molecule has 1 heterocycles. The number of hydrogen-bond acceptors (Lipinski definition) is 2. The summed E-state index contributed by atoms with van der Waals surface area (Å²) in [7, 11) is 1.50. The van der Waals surface area contributed by atoms with E-state index in [1.165, 1.54) is 13.2 Å². The molecule has 0 bridgehead atoms. The molecule has 11 heavy (non-hydrogen) atoms. The van der Waals surface area contributed by atoms with Crippen molar-refractivity contribution in [3.63, 3.8) is 0 Å². The lowest BCUT2D eigenvalue weighted by Gasteiger charge is -2.03. The van der Waals surface area contributed by atoms with Gasteiger partial charge >= 0.3 is 0 Å². The summed E-state index contributed by atoms with van der Waals surface area (Å²) in [6.07, 6.45) is 3.44. The molecular weight excluding hydrogens is 142 g/mol. The molecule has 1 aromatic rings. The van der Waals surface area contributed by atoms with E-state index in [4.69, 9.17) is 4.74 Å². The number of aromatic nitrogens is 1. The number of hydrogen-bond donors (Lipinski definition) is 0. The highest BCUT2D eigenvalue weighted by molar-refractivity contribution is 5.16. The Balaban J connectivity index is 3.13. The summed E-state index contributed by atoms with van der Waals surface area (Å²) < 4.78 is 6.74. The average Bonchev–Trinajstić information content (AvgIpc) is 2.05. The minimum absolute atomic E-state index is 0.0720. The van der Waals surface area contributed by atoms with Crippen molar-refractivity contribution >= 4 is 0 Å². The van der Waals surface area contributed by atoms with Crippen LogP contribution < -0.4 is 10.2 Å². The summed E-state index contributed by atoms with van der Waals surface area (Å²) in [5.74, 6) is 0.398. The number of rotatable bonds is 2. The number of aryl methyl sites for hydroxylation is 1. The Morgan fingerprint density at radius 3 is 2.91 bits per heavy atom. The van der Waals surface area contributed by atoms with Crippen LogP contribution in [0.1, 0.15) is 6.92 Å². The summed E-state index contributed by atoms with van der Waals surface area (Å²) in [6.45, 7) is 2.85. The molecule has 0 aromatic carbocycles. The van der Waals surface area contributed by atoms with Gasteiger partial charge in [-0.15, -0.1) is 0 Å². The van der Waals surface area contributed by atoms with Crippen LogP contribution in [0.2, 0.25) is 0 Å². The Labute approximate surface area is 65.2 Å². The second kappa shape index (κ2) is 3.23. The molecule has 0 saturated heterocycles. The van der Waals surface area contributed by atoms with Gasteiger partial charge in [-0.05, 0) is 6.92 Å². The highest BCUT2D eigenvalue weighted by Crippen LogP contribution is 1.99. The van der Waals surface area contributed by atoms with Crippen molar-refractivity contribution in [2.75, 3.05) is 7.11 Å². The molecule has 60 valence electrons. The van der Waals surface area contributed by atoms with E-state index in [1.54, 1.807) is 12.4 Å². The maximum Gasteiger partial charge on any atom is 0.223 e. The molecule has 0 aliphatic carbocycles. The Kier molecular flexibility index (Phi) is 2.31. The van der Waals surface area contributed by atoms with E-state index in [-0.39, 0.29) is 5.43 Å². The third-order valence-electron chi connectivity index (χ3n) is 1.53. The van der Waals surface area contributed by atoms with Crippen LogP contribution in [0.25, 0.3) is 0 Å². The first-order valence-electron chi connectivity index (χ1n) is 3.52. The SMILES string of the molecule is CCn1ccc(=O)c(OC)c1. The predicted octanol–water partition coefficient (Wildman–Crippen LogP) is 0.877. The van der Waals surface area contributed by atoms with E-state index < -0.39 is 0 Å². The minimum atomic E-state index is -0.0720. The Morgan fingerprint density at radius 2 is 2.36 bits per heavy atom. The van der Waals surface area contributed by atoms with Gasteiger partial charge in [0.2, 0.25) is 5.43 Å². The zero-order valence-electron chi connectivity index (χ0n) is 6.70. The second-order valence-electron chi connectivity index (χ2n) is 2.21. The highest BCUT2D eigenvalue weighted by atomic mass is 16.5. The third kappa shape index (κ3) is 1.61. The van der Waals surface area contributed by atoms with Gasteiger partial charge in [-0.25, -0.2) is 0 Å². The number of ether oxygens (including phenoxy) is 1. The molecule has 0 radical (unpaired) electrons. The molecule has 3 heteroatoms. The van der Waals surface area contributed by atoms with Crippen molar-refractivity contribution in [2.45, 2.75) is 13.5 Å². The Morgan fingerprint density at radius 1 is 1.64 bits per heavy atom. The monoisotopic (exact) mass is 153 g/mol. The first-order chi connectivity index (χ1) is 5.27. The number of methoxy groups -OCH3 is 1. The number of nitrogens with zero attached hydrogens (tertiary/aromatic N) is 1. The average molecular weight is 153 g/mol. The summed E-state index contributed by atoms with van der Waals surface area (Å²) in [5, 5.41) is 0. The summed E-state index contributed by atoms with van der Waals surface area (Å²) in [5.41, 5.74) is -0.0720. The third-order valence-corrected chi connectivity index (χ3v) is 1.53. The molecule has 1 aromatic heterocycles. The topological polar surface area (TPSA) is 31.2 Å². The lowest BCUT2D eigenvalue weighted by molar-refractivity contribution is 0.405. The smallest absolute Gasteiger partial charge is 0.223 e. The van der Waals surface area contributed by atoms with E-state index >= 15 is 0 Å². The minimum Gasteiger partial charge on any atom is -0.491 e. The van der Waals surface area contributed by atoms with Gasteiger partial charge < -0.3 is 9.30 Å². The molecule has 0 spiro atoms. The lowest BCUT2D eigenvalue weighted by Crippen LogP contribution is -2.07. The van der Waals surface area contributed by atoms with E-state index in [0.717, 1.165) is 6.54 Å². The van der Waals surface area contributed by atoms with Gasteiger partial charge in [0, 0.05) is 18.8 Å². The second-order valence-corrected chi connectivity index (χ2v) is 2.21. The quantitative estimate of drug-likeness (QED) is 0.631. The standard InChI is InChI=1S/C8H11NO2/c1-3-9-5-4-7(10)8(6-9)11-2/h4-6H,3H2,1-2H3. The zero-order valence-corrected chi connectivity index (χ0v) is 6.70. The first kappa shape index (κ1) is 7.85. The van der Waals surface area contributed by atoms with Crippen LogP contribution in [0.15, 0.2) is 23.3 Å². The molecule has 1 rings (SSSR count). The molecule has 0 saturated carbocycles. The number of pyridine rings is 1. The lowest BCUT2D eigenvalue weighted by atomic mass is 10.4. The van der Waals surface area contributed by atoms with Gasteiger partial charge in [-0.3, -0.25) is 4.79 Å². The van der Waals surface area contributed by atoms with Gasteiger partial charge in [-0.2, -0.15) is 0 Å². The van der Waals surface area contributed by atoms with Crippen LogP contribution in [0.3, 0.4) is 0 Å². The molecule has 3 nitrogen and oxygen atoms in total. The van der Waals surface area contributed by atoms with Crippen LogP contribution in [0.4, 0.5) is 0 Å². The van der Waals surface area contributed by atoms with Gasteiger partial charge in [0.05, 0.1) is 13.3 Å². The fourth-order valence-corrected chi connectivity index (χ4v) is 0.853. The van der Waals surface area contributed by atoms with Crippen molar-refractivity contribution < 1.29 is 4.74 Å². The molecule has 0 amide bonds. The fraction of sp³-hybridized carbons (Fsp3) is 0.375. The van der Waals surface area contributed by atoms with E-state index in [1.807, 2.05) is 11.5 Å². The van der Waals surface area contributed by atoms with Crippen molar-refractivity contribution in [1.29, 1.82) is 0 Å². The molecule has 0 aliphatic heterocycles. The highest BCUT2D eigenvalue weighted by Gasteiger charge is 1.96. The Bertz CT molecular complexity index is 290. The summed E-state index contributed by atoms with van der Waals surface area (Å²) >= 11 is 0. The normalized spacial score (nSPS) is 9.64. The van der Waals surface area contributed by atoms with Gasteiger partial charge in [0.15, 0.2) is 5.75 Å². The Hall–Kier alpha value is -1.25. The zero-order chi connectivity index (χ0) is 8.27. The van der Waals surface area contributed by atoms with Crippen LogP contribution in [-0.2, 0) is 6.54 Å². The van der Waals surface area contributed by atoms with Gasteiger partial charge in [0.25, 0.3) is 0 Å². The van der Waals surface area contributed by atoms with Crippen LogP contribution >= 0.6 is 0 Å². The summed E-state index contributed by atoms with van der Waals surface area (Å²) in [6, 6.07) is 1.50. The predicted molar refractivity (Wildman–Crippen MR) is 42.9 cm³/mol. The molecular formula is C8H11NO2. The van der Waals surface area contributed by atoms with E-state index in [0.29, 0.717) is 5.75 Å². The summed E-state index contributed by atoms with van der Waals surface area (Å²) in [4.78, 5) is 11.0. The molecule has 0 unspecified atom stereocenters. The van der Waals surface area contributed by atoms with Crippen molar-refractivity contribution in [2.24, 2.45) is 0 Å². The van der Waals surface area contributed by atoms with Crippen molar-refractivity contribution in [1.82, 2.24) is 4.57 Å². The fourth-order valence-electron chi connectivity index (χ4n) is 0.853. The van der Waals surface area contributed by atoms with Crippen molar-refractivity contribution in [3.05, 3.63) is 28.7 Å². The van der Waals surface area contributed by atoms with E-state index in [9.17, 15) is 4.79 Å². The maximum atomic E-state index is 11.0. The van der Waals surface area contributed by atoms with Crippen molar-refractivity contribution in [3.8, 4) is 5.75 Å². The van der Waals surface area contributed by atoms with Crippen LogP contribution in [0.5, 0.6) is 5.75 Å². The van der Waals surface area contributed by atoms with Gasteiger partial charge in [-0.1, -0.05) is 0 Å². The maximum absolute atomic E-state index is 11.0. The largest absolute Gasteiger partial charge is 0.491 e. The molecule has 0 aliphatic rings. The van der Waals surface area contributed by atoms with Crippen LogP contribution in [0, 0.1) is 0 Å².